The molecule has 0 spiro atoms. The number of aldehydes is 1. The fourth-order valence-electron chi connectivity index (χ4n) is 2.09. The van der Waals surface area contributed by atoms with Crippen molar-refractivity contribution in [1.29, 1.82) is 0 Å². The third-order valence-corrected chi connectivity index (χ3v) is 5.83. The Kier molecular flexibility index (Phi) is 3.04. The van der Waals surface area contributed by atoms with Crippen LogP contribution in [0.2, 0.25) is 0 Å². The number of thiophene rings is 1. The Labute approximate surface area is 114 Å². The van der Waals surface area contributed by atoms with Gasteiger partial charge in [0.15, 0.2) is 12.0 Å². The van der Waals surface area contributed by atoms with E-state index in [0.717, 1.165) is 5.56 Å². The van der Waals surface area contributed by atoms with E-state index in [1.807, 2.05) is 11.4 Å². The molecule has 3 rings (SSSR count). The first-order valence-electron chi connectivity index (χ1n) is 5.71. The third kappa shape index (κ3) is 2.13. The molecule has 0 aliphatic carbocycles. The van der Waals surface area contributed by atoms with Crippen LogP contribution in [0.4, 0.5) is 0 Å². The molecule has 1 aliphatic rings. The standard InChI is InChI=1S/C12H11NO4S2/c14-8-10-1-2-12(17-10)19(15,16)13-5-3-11-9(7-13)4-6-18-11/h1-2,4,6,8H,3,5,7H2. The molecule has 3 heterocycles. The number of nitrogens with zero attached hydrogens (tertiary/aromatic N) is 1. The van der Waals surface area contributed by atoms with Gasteiger partial charge in [-0.3, -0.25) is 4.79 Å². The maximum Gasteiger partial charge on any atom is 0.276 e. The lowest BCUT2D eigenvalue weighted by molar-refractivity contribution is 0.109. The second-order valence-corrected chi connectivity index (χ2v) is 7.10. The Balaban J connectivity index is 1.91. The van der Waals surface area contributed by atoms with E-state index in [2.05, 4.69) is 0 Å². The summed E-state index contributed by atoms with van der Waals surface area (Å²) in [5, 5.41) is 1.80. The van der Waals surface area contributed by atoms with E-state index >= 15 is 0 Å². The molecule has 0 radical (unpaired) electrons. The van der Waals surface area contributed by atoms with Gasteiger partial charge in [-0.1, -0.05) is 0 Å². The molecule has 0 unspecified atom stereocenters. The number of hydrogen-bond acceptors (Lipinski definition) is 5. The van der Waals surface area contributed by atoms with Crippen molar-refractivity contribution in [3.63, 3.8) is 0 Å². The maximum atomic E-state index is 12.4. The lowest BCUT2D eigenvalue weighted by atomic mass is 10.1. The quantitative estimate of drug-likeness (QED) is 0.812. The molecule has 0 amide bonds. The van der Waals surface area contributed by atoms with Gasteiger partial charge in [0.25, 0.3) is 10.0 Å². The van der Waals surface area contributed by atoms with Gasteiger partial charge in [0, 0.05) is 18.0 Å². The van der Waals surface area contributed by atoms with Crippen LogP contribution in [0.15, 0.2) is 33.1 Å². The number of rotatable bonds is 3. The fraction of sp³-hybridized carbons (Fsp3) is 0.250. The highest BCUT2D eigenvalue weighted by molar-refractivity contribution is 7.89. The summed E-state index contributed by atoms with van der Waals surface area (Å²) in [5.74, 6) is 0.0202. The summed E-state index contributed by atoms with van der Waals surface area (Å²) in [5.41, 5.74) is 1.04. The smallest absolute Gasteiger partial charge is 0.276 e. The van der Waals surface area contributed by atoms with Crippen molar-refractivity contribution in [3.8, 4) is 0 Å². The Morgan fingerprint density at radius 3 is 2.89 bits per heavy atom. The van der Waals surface area contributed by atoms with Gasteiger partial charge in [0.1, 0.15) is 0 Å². The SMILES string of the molecule is O=Cc1ccc(S(=O)(=O)N2CCc3sccc3C2)o1. The van der Waals surface area contributed by atoms with Gasteiger partial charge >= 0.3 is 0 Å². The van der Waals surface area contributed by atoms with Crippen molar-refractivity contribution in [2.45, 2.75) is 18.1 Å². The molecule has 0 N–H and O–H groups in total. The lowest BCUT2D eigenvalue weighted by Crippen LogP contribution is -2.35. The zero-order valence-corrected chi connectivity index (χ0v) is 11.5. The van der Waals surface area contributed by atoms with E-state index in [1.165, 1.54) is 21.3 Å². The van der Waals surface area contributed by atoms with E-state index in [4.69, 9.17) is 4.42 Å². The molecule has 2 aromatic rings. The number of fused-ring (bicyclic) bond motifs is 1. The van der Waals surface area contributed by atoms with Crippen molar-refractivity contribution in [2.24, 2.45) is 0 Å². The van der Waals surface area contributed by atoms with Gasteiger partial charge in [-0.25, -0.2) is 8.42 Å². The highest BCUT2D eigenvalue weighted by Gasteiger charge is 2.31. The van der Waals surface area contributed by atoms with Crippen LogP contribution >= 0.6 is 11.3 Å². The average molecular weight is 297 g/mol. The largest absolute Gasteiger partial charge is 0.440 e. The predicted octanol–water partition coefficient (Wildman–Crippen LogP) is 1.90. The molecule has 0 saturated carbocycles. The minimum absolute atomic E-state index is 0.0202. The van der Waals surface area contributed by atoms with E-state index < -0.39 is 10.0 Å². The van der Waals surface area contributed by atoms with E-state index in [-0.39, 0.29) is 10.9 Å². The third-order valence-electron chi connectivity index (χ3n) is 3.09. The normalized spacial score (nSPS) is 16.2. The van der Waals surface area contributed by atoms with E-state index in [0.29, 0.717) is 25.8 Å². The first-order chi connectivity index (χ1) is 9.11. The molecular weight excluding hydrogens is 286 g/mol. The van der Waals surface area contributed by atoms with Crippen LogP contribution < -0.4 is 0 Å². The van der Waals surface area contributed by atoms with Crippen LogP contribution in [0.3, 0.4) is 0 Å². The van der Waals surface area contributed by atoms with Gasteiger partial charge in [0.2, 0.25) is 5.09 Å². The number of carbonyl (C=O) groups excluding carboxylic acids is 1. The number of hydrogen-bond donors (Lipinski definition) is 0. The van der Waals surface area contributed by atoms with Crippen LogP contribution in [0.25, 0.3) is 0 Å². The molecule has 2 aromatic heterocycles. The number of furan rings is 1. The summed E-state index contributed by atoms with van der Waals surface area (Å²) in [4.78, 5) is 11.8. The first-order valence-corrected chi connectivity index (χ1v) is 8.03. The van der Waals surface area contributed by atoms with Crippen LogP contribution in [-0.4, -0.2) is 25.6 Å². The van der Waals surface area contributed by atoms with Crippen molar-refractivity contribution >= 4 is 27.6 Å². The number of sulfonamides is 1. The van der Waals surface area contributed by atoms with Gasteiger partial charge in [-0.15, -0.1) is 11.3 Å². The highest BCUT2D eigenvalue weighted by atomic mass is 32.2. The van der Waals surface area contributed by atoms with Crippen LogP contribution in [0, 0.1) is 0 Å². The Hall–Kier alpha value is -1.44. The van der Waals surface area contributed by atoms with Crippen molar-refractivity contribution in [1.82, 2.24) is 4.31 Å². The van der Waals surface area contributed by atoms with Crippen molar-refractivity contribution in [3.05, 3.63) is 39.8 Å². The molecule has 1 aliphatic heterocycles. The monoisotopic (exact) mass is 297 g/mol. The molecule has 7 heteroatoms. The second-order valence-electron chi connectivity index (χ2n) is 4.23. The summed E-state index contributed by atoms with van der Waals surface area (Å²) >= 11 is 1.65. The zero-order chi connectivity index (χ0) is 13.5. The molecule has 0 bridgehead atoms. The molecule has 5 nitrogen and oxygen atoms in total. The molecule has 0 aromatic carbocycles. The molecule has 0 saturated heterocycles. The molecular formula is C12H11NO4S2. The summed E-state index contributed by atoms with van der Waals surface area (Å²) in [6.45, 7) is 0.797. The predicted molar refractivity (Wildman–Crippen MR) is 69.7 cm³/mol. The van der Waals surface area contributed by atoms with Gasteiger partial charge in [-0.05, 0) is 35.6 Å². The lowest BCUT2D eigenvalue weighted by Gasteiger charge is -2.25. The average Bonchev–Trinajstić information content (AvgIpc) is 3.06. The Bertz CT molecular complexity index is 714. The zero-order valence-electron chi connectivity index (χ0n) is 9.90. The van der Waals surface area contributed by atoms with E-state index in [9.17, 15) is 13.2 Å². The first kappa shape index (κ1) is 12.6. The summed E-state index contributed by atoms with van der Waals surface area (Å²) in [6, 6.07) is 4.63. The number of carbonyl (C=O) groups is 1. The molecule has 0 atom stereocenters. The molecule has 100 valence electrons. The van der Waals surface area contributed by atoms with Gasteiger partial charge < -0.3 is 4.42 Å². The van der Waals surface area contributed by atoms with Crippen molar-refractivity contribution in [2.75, 3.05) is 6.54 Å². The second kappa shape index (κ2) is 4.59. The highest BCUT2D eigenvalue weighted by Crippen LogP contribution is 2.28. The minimum Gasteiger partial charge on any atom is -0.440 e. The molecule has 19 heavy (non-hydrogen) atoms. The fourth-order valence-corrected chi connectivity index (χ4v) is 4.32. The minimum atomic E-state index is -3.66. The summed E-state index contributed by atoms with van der Waals surface area (Å²) in [7, 11) is -3.66. The summed E-state index contributed by atoms with van der Waals surface area (Å²) < 4.78 is 31.1. The van der Waals surface area contributed by atoms with Crippen LogP contribution in [-0.2, 0) is 23.0 Å². The topological polar surface area (TPSA) is 67.6 Å². The van der Waals surface area contributed by atoms with Crippen molar-refractivity contribution < 1.29 is 17.6 Å². The Morgan fingerprint density at radius 1 is 1.32 bits per heavy atom. The van der Waals surface area contributed by atoms with Crippen LogP contribution in [0.5, 0.6) is 0 Å². The van der Waals surface area contributed by atoms with Gasteiger partial charge in [-0.2, -0.15) is 4.31 Å². The van der Waals surface area contributed by atoms with Crippen LogP contribution in [0.1, 0.15) is 21.0 Å². The molecule has 0 fully saturated rings. The van der Waals surface area contributed by atoms with E-state index in [1.54, 1.807) is 11.3 Å². The Morgan fingerprint density at radius 2 is 2.16 bits per heavy atom. The summed E-state index contributed by atoms with van der Waals surface area (Å²) in [6.07, 6.45) is 1.21. The van der Waals surface area contributed by atoms with Gasteiger partial charge in [0.05, 0.1) is 0 Å². The maximum absolute atomic E-state index is 12.4.